The second-order valence-electron chi connectivity index (χ2n) is 5.80. The Hall–Kier alpha value is -1.72. The molecule has 0 unspecified atom stereocenters. The van der Waals surface area contributed by atoms with Gasteiger partial charge >= 0.3 is 6.36 Å². The van der Waals surface area contributed by atoms with Gasteiger partial charge in [-0.25, -0.2) is 4.99 Å². The molecule has 2 rings (SSSR count). The third-order valence-electron chi connectivity index (χ3n) is 3.72. The van der Waals surface area contributed by atoms with Crippen LogP contribution in [-0.2, 0) is 4.79 Å². The molecule has 26 heavy (non-hydrogen) atoms. The first-order valence-corrected chi connectivity index (χ1v) is 8.04. The van der Waals surface area contributed by atoms with Crippen molar-refractivity contribution in [1.82, 2.24) is 5.32 Å². The fourth-order valence-electron chi connectivity index (χ4n) is 2.60. The van der Waals surface area contributed by atoms with E-state index in [1.165, 1.54) is 18.6 Å². The number of carbonyl (C=O) groups excluding carboxylic acids is 1. The highest BCUT2D eigenvalue weighted by molar-refractivity contribution is 14.0. The maximum atomic E-state index is 12.1. The van der Waals surface area contributed by atoms with E-state index in [2.05, 4.69) is 20.4 Å². The van der Waals surface area contributed by atoms with Crippen LogP contribution in [0.1, 0.15) is 32.1 Å². The highest BCUT2D eigenvalue weighted by atomic mass is 127. The van der Waals surface area contributed by atoms with E-state index < -0.39 is 6.36 Å². The van der Waals surface area contributed by atoms with Crippen LogP contribution in [0, 0.1) is 0 Å². The predicted molar refractivity (Wildman–Crippen MR) is 104 cm³/mol. The number of hydrogen-bond acceptors (Lipinski definition) is 3. The number of aliphatic imine (C=N–C) groups is 1. The van der Waals surface area contributed by atoms with Gasteiger partial charge in [0.25, 0.3) is 0 Å². The highest BCUT2D eigenvalue weighted by Crippen LogP contribution is 2.23. The maximum absolute atomic E-state index is 12.1. The number of carbonyl (C=O) groups is 1. The molecular weight excluding hydrogens is 464 g/mol. The lowest BCUT2D eigenvalue weighted by Gasteiger charge is -2.22. The minimum absolute atomic E-state index is 0. The third kappa shape index (κ3) is 8.59. The van der Waals surface area contributed by atoms with Gasteiger partial charge in [-0.05, 0) is 37.1 Å². The van der Waals surface area contributed by atoms with E-state index in [4.69, 9.17) is 5.73 Å². The van der Waals surface area contributed by atoms with Gasteiger partial charge in [0.2, 0.25) is 5.91 Å². The van der Waals surface area contributed by atoms with Crippen LogP contribution in [0.4, 0.5) is 18.9 Å². The van der Waals surface area contributed by atoms with Gasteiger partial charge in [-0.1, -0.05) is 19.3 Å². The number of nitrogens with zero attached hydrogens (tertiary/aromatic N) is 1. The Labute approximate surface area is 166 Å². The number of anilines is 1. The van der Waals surface area contributed by atoms with Crippen molar-refractivity contribution in [3.05, 3.63) is 24.3 Å². The molecule has 1 fully saturated rings. The van der Waals surface area contributed by atoms with Crippen LogP contribution >= 0.6 is 24.0 Å². The van der Waals surface area contributed by atoms with E-state index in [9.17, 15) is 18.0 Å². The van der Waals surface area contributed by atoms with Crippen LogP contribution in [0.2, 0.25) is 0 Å². The molecule has 0 bridgehead atoms. The van der Waals surface area contributed by atoms with Crippen LogP contribution in [0.25, 0.3) is 0 Å². The fourth-order valence-corrected chi connectivity index (χ4v) is 2.60. The maximum Gasteiger partial charge on any atom is 0.573 e. The Bertz CT molecular complexity index is 603. The summed E-state index contributed by atoms with van der Waals surface area (Å²) in [4.78, 5) is 15.7. The Kier molecular flexibility index (Phi) is 8.96. The van der Waals surface area contributed by atoms with Crippen LogP contribution in [-0.4, -0.2) is 30.8 Å². The predicted octanol–water partition coefficient (Wildman–Crippen LogP) is 3.38. The molecule has 1 aliphatic carbocycles. The number of benzene rings is 1. The molecule has 0 aliphatic heterocycles. The van der Waals surface area contributed by atoms with Gasteiger partial charge in [0, 0.05) is 11.7 Å². The zero-order valence-electron chi connectivity index (χ0n) is 14.0. The van der Waals surface area contributed by atoms with Crippen LogP contribution in [0.15, 0.2) is 29.3 Å². The molecule has 0 spiro atoms. The quantitative estimate of drug-likeness (QED) is 0.339. The summed E-state index contributed by atoms with van der Waals surface area (Å²) in [5.41, 5.74) is 6.11. The molecule has 0 atom stereocenters. The Balaban J connectivity index is 0.00000338. The van der Waals surface area contributed by atoms with E-state index in [1.807, 2.05) is 0 Å². The minimum atomic E-state index is -4.73. The minimum Gasteiger partial charge on any atom is -0.406 e. The van der Waals surface area contributed by atoms with E-state index in [-0.39, 0.29) is 54.2 Å². The van der Waals surface area contributed by atoms with E-state index in [1.54, 1.807) is 0 Å². The van der Waals surface area contributed by atoms with Gasteiger partial charge < -0.3 is 21.1 Å². The number of halogens is 4. The zero-order chi connectivity index (χ0) is 18.3. The molecule has 1 saturated carbocycles. The van der Waals surface area contributed by atoms with Gasteiger partial charge in [0.05, 0.1) is 0 Å². The highest BCUT2D eigenvalue weighted by Gasteiger charge is 2.30. The number of amides is 1. The number of ether oxygens (including phenoxy) is 1. The molecule has 4 N–H and O–H groups in total. The summed E-state index contributed by atoms with van der Waals surface area (Å²) in [6, 6.07) is 5.24. The number of rotatable bonds is 5. The average Bonchev–Trinajstić information content (AvgIpc) is 2.54. The lowest BCUT2D eigenvalue weighted by molar-refractivity contribution is -0.274. The second kappa shape index (κ2) is 10.4. The standard InChI is InChI=1S/C16H21F3N4O2.HI/c17-16(18,19)25-13-8-6-12(7-9-13)23-15(20)21-10-14(24)22-11-4-2-1-3-5-11;/h6-9,11H,1-5,10H2,(H,22,24)(H3,20,21,23);1H. The van der Waals surface area contributed by atoms with Crippen molar-refractivity contribution < 1.29 is 22.7 Å². The SMILES string of the molecule is I.NC(=NCC(=O)NC1CCCCC1)Nc1ccc(OC(F)(F)F)cc1. The topological polar surface area (TPSA) is 88.7 Å². The Morgan fingerprint density at radius 1 is 1.19 bits per heavy atom. The summed E-state index contributed by atoms with van der Waals surface area (Å²) in [5.74, 6) is -0.533. The van der Waals surface area contributed by atoms with Crippen molar-refractivity contribution in [2.45, 2.75) is 44.5 Å². The van der Waals surface area contributed by atoms with Crippen molar-refractivity contribution in [1.29, 1.82) is 0 Å². The summed E-state index contributed by atoms with van der Waals surface area (Å²) < 4.78 is 40.0. The molecule has 0 heterocycles. The largest absolute Gasteiger partial charge is 0.573 e. The first-order valence-electron chi connectivity index (χ1n) is 8.04. The van der Waals surface area contributed by atoms with Gasteiger partial charge in [-0.15, -0.1) is 37.1 Å². The molecule has 6 nitrogen and oxygen atoms in total. The second-order valence-corrected chi connectivity index (χ2v) is 5.80. The summed E-state index contributed by atoms with van der Waals surface area (Å²) in [5, 5.41) is 5.62. The zero-order valence-corrected chi connectivity index (χ0v) is 16.3. The Morgan fingerprint density at radius 3 is 2.38 bits per heavy atom. The summed E-state index contributed by atoms with van der Waals surface area (Å²) >= 11 is 0. The summed E-state index contributed by atoms with van der Waals surface area (Å²) in [7, 11) is 0. The summed E-state index contributed by atoms with van der Waals surface area (Å²) in [6.07, 6.45) is 0.665. The number of alkyl halides is 3. The molecule has 146 valence electrons. The molecule has 0 saturated heterocycles. The normalized spacial score (nSPS) is 15.7. The smallest absolute Gasteiger partial charge is 0.406 e. The van der Waals surface area contributed by atoms with Crippen molar-refractivity contribution in [2.24, 2.45) is 10.7 Å². The molecule has 1 aromatic carbocycles. The van der Waals surface area contributed by atoms with Crippen molar-refractivity contribution >= 4 is 41.5 Å². The molecule has 1 aliphatic rings. The van der Waals surface area contributed by atoms with E-state index in [0.29, 0.717) is 5.69 Å². The summed E-state index contributed by atoms with van der Waals surface area (Å²) in [6.45, 7) is -0.107. The van der Waals surface area contributed by atoms with Crippen molar-refractivity contribution in [2.75, 3.05) is 11.9 Å². The van der Waals surface area contributed by atoms with Crippen LogP contribution in [0.3, 0.4) is 0 Å². The molecule has 1 amide bonds. The third-order valence-corrected chi connectivity index (χ3v) is 3.72. The first kappa shape index (κ1) is 22.3. The lowest BCUT2D eigenvalue weighted by Crippen LogP contribution is -2.38. The van der Waals surface area contributed by atoms with Crippen LogP contribution in [0.5, 0.6) is 5.75 Å². The number of nitrogens with two attached hydrogens (primary N) is 1. The molecule has 0 aromatic heterocycles. The monoisotopic (exact) mass is 486 g/mol. The average molecular weight is 486 g/mol. The van der Waals surface area contributed by atoms with Crippen molar-refractivity contribution in [3.63, 3.8) is 0 Å². The van der Waals surface area contributed by atoms with Gasteiger partial charge in [-0.3, -0.25) is 4.79 Å². The number of guanidine groups is 1. The van der Waals surface area contributed by atoms with Gasteiger partial charge in [-0.2, -0.15) is 0 Å². The first-order chi connectivity index (χ1) is 11.8. The van der Waals surface area contributed by atoms with Gasteiger partial charge in [0.1, 0.15) is 12.3 Å². The number of hydrogen-bond donors (Lipinski definition) is 3. The molecular formula is C16H22F3IN4O2. The number of nitrogens with one attached hydrogen (secondary N) is 2. The lowest BCUT2D eigenvalue weighted by atomic mass is 9.95. The molecule has 1 aromatic rings. The molecule has 10 heteroatoms. The van der Waals surface area contributed by atoms with Crippen LogP contribution < -0.4 is 21.1 Å². The Morgan fingerprint density at radius 2 is 1.81 bits per heavy atom. The molecule has 0 radical (unpaired) electrons. The van der Waals surface area contributed by atoms with Crippen molar-refractivity contribution in [3.8, 4) is 5.75 Å². The fraction of sp³-hybridized carbons (Fsp3) is 0.500. The van der Waals surface area contributed by atoms with E-state index in [0.717, 1.165) is 37.8 Å². The van der Waals surface area contributed by atoms with E-state index >= 15 is 0 Å². The van der Waals surface area contributed by atoms with Gasteiger partial charge in [0.15, 0.2) is 5.96 Å².